The Labute approximate surface area is 179 Å². The van der Waals surface area contributed by atoms with Crippen LogP contribution in [0.15, 0.2) is 27.8 Å². The maximum atomic E-state index is 13.3. The lowest BCUT2D eigenvalue weighted by Crippen LogP contribution is -2.41. The molecule has 11 heteroatoms. The third kappa shape index (κ3) is 3.72. The van der Waals surface area contributed by atoms with Gasteiger partial charge in [0.2, 0.25) is 5.91 Å². The molecule has 1 aliphatic rings. The van der Waals surface area contributed by atoms with Crippen LogP contribution in [0, 0.1) is 5.82 Å². The van der Waals surface area contributed by atoms with E-state index in [4.69, 9.17) is 11.6 Å². The summed E-state index contributed by atoms with van der Waals surface area (Å²) in [6.45, 7) is 3.23. The fourth-order valence-corrected chi connectivity index (χ4v) is 4.70. The molecule has 1 N–H and O–H groups in total. The third-order valence-corrected chi connectivity index (χ3v) is 6.34. The minimum Gasteiger partial charge on any atom is -0.348 e. The average Bonchev–Trinajstić information content (AvgIpc) is 3.38. The molecule has 30 heavy (non-hydrogen) atoms. The van der Waals surface area contributed by atoms with Gasteiger partial charge in [-0.1, -0.05) is 22.9 Å². The zero-order valence-corrected chi connectivity index (χ0v) is 17.7. The number of hydrogen-bond donors (Lipinski definition) is 1. The predicted octanol–water partition coefficient (Wildman–Crippen LogP) is 2.67. The van der Waals surface area contributed by atoms with E-state index in [9.17, 15) is 18.8 Å². The van der Waals surface area contributed by atoms with Crippen LogP contribution in [0.5, 0.6) is 0 Å². The van der Waals surface area contributed by atoms with Crippen molar-refractivity contribution >= 4 is 50.0 Å². The maximum absolute atomic E-state index is 13.3. The molecule has 1 amide bonds. The van der Waals surface area contributed by atoms with Gasteiger partial charge in [0.15, 0.2) is 10.8 Å². The van der Waals surface area contributed by atoms with Crippen molar-refractivity contribution in [2.45, 2.75) is 32.9 Å². The van der Waals surface area contributed by atoms with Crippen LogP contribution in [-0.4, -0.2) is 33.1 Å². The fourth-order valence-electron chi connectivity index (χ4n) is 3.45. The molecule has 0 aliphatic carbocycles. The number of fused-ring (bicyclic) bond motifs is 1. The molecule has 158 valence electrons. The summed E-state index contributed by atoms with van der Waals surface area (Å²) in [5.74, 6) is -1.11. The molecule has 1 aromatic carbocycles. The van der Waals surface area contributed by atoms with Crippen LogP contribution >= 0.6 is 22.9 Å². The minimum atomic E-state index is -0.598. The molecule has 0 bridgehead atoms. The van der Waals surface area contributed by atoms with Crippen LogP contribution in [0.3, 0.4) is 0 Å². The minimum absolute atomic E-state index is 0.123. The largest absolute Gasteiger partial charge is 0.348 e. The summed E-state index contributed by atoms with van der Waals surface area (Å²) in [6.07, 6.45) is 2.09. The van der Waals surface area contributed by atoms with Crippen LogP contribution in [-0.2, 0) is 17.9 Å². The summed E-state index contributed by atoms with van der Waals surface area (Å²) < 4.78 is 16.0. The number of nitrogens with one attached hydrogen (secondary N) is 1. The Morgan fingerprint density at radius 2 is 2.00 bits per heavy atom. The van der Waals surface area contributed by atoms with Crippen LogP contribution in [0.4, 0.5) is 15.2 Å². The first-order chi connectivity index (χ1) is 14.4. The van der Waals surface area contributed by atoms with E-state index in [1.807, 2.05) is 0 Å². The standard InChI is InChI=1S/C19H19ClFN5O3S/c1-2-25-17(28)15-16(23-18(30-15)24-7-3-4-8-24)26(19(25)29)10-14(27)22-11-5-6-13(21)12(20)9-11/h5-6,9H,2-4,7-8,10H2,1H3,(H,22,27). The average molecular weight is 452 g/mol. The maximum Gasteiger partial charge on any atom is 0.333 e. The first-order valence-corrected chi connectivity index (χ1v) is 10.7. The molecule has 8 nitrogen and oxygen atoms in total. The van der Waals surface area contributed by atoms with Crippen LogP contribution in [0.1, 0.15) is 19.8 Å². The number of rotatable bonds is 5. The highest BCUT2D eigenvalue weighted by molar-refractivity contribution is 7.22. The molecule has 3 aromatic rings. The normalized spacial score (nSPS) is 13.9. The Hall–Kier alpha value is -2.72. The highest BCUT2D eigenvalue weighted by atomic mass is 35.5. The van der Waals surface area contributed by atoms with Crippen molar-refractivity contribution in [2.75, 3.05) is 23.3 Å². The number of aromatic nitrogens is 3. The lowest BCUT2D eigenvalue weighted by Gasteiger charge is -2.12. The van der Waals surface area contributed by atoms with Crippen molar-refractivity contribution in [1.82, 2.24) is 14.1 Å². The summed E-state index contributed by atoms with van der Waals surface area (Å²) >= 11 is 6.99. The molecule has 0 radical (unpaired) electrons. The van der Waals surface area contributed by atoms with Gasteiger partial charge in [-0.25, -0.2) is 14.2 Å². The molecule has 2 aromatic heterocycles. The number of thiazole rings is 1. The van der Waals surface area contributed by atoms with E-state index in [1.165, 1.54) is 28.0 Å². The lowest BCUT2D eigenvalue weighted by atomic mass is 10.3. The Morgan fingerprint density at radius 1 is 1.27 bits per heavy atom. The fraction of sp³-hybridized carbons (Fsp3) is 0.368. The Morgan fingerprint density at radius 3 is 2.67 bits per heavy atom. The summed E-state index contributed by atoms with van der Waals surface area (Å²) in [4.78, 5) is 44.8. The van der Waals surface area contributed by atoms with Crippen molar-refractivity contribution < 1.29 is 9.18 Å². The number of carbonyl (C=O) groups is 1. The zero-order chi connectivity index (χ0) is 21.4. The van der Waals surface area contributed by atoms with Crippen LogP contribution in [0.25, 0.3) is 10.3 Å². The summed E-state index contributed by atoms with van der Waals surface area (Å²) in [6, 6.07) is 3.80. The molecular weight excluding hydrogens is 433 g/mol. The van der Waals surface area contributed by atoms with Crippen molar-refractivity contribution in [3.8, 4) is 0 Å². The van der Waals surface area contributed by atoms with E-state index < -0.39 is 23.0 Å². The molecule has 1 fully saturated rings. The number of hydrogen-bond acceptors (Lipinski definition) is 6. The first-order valence-electron chi connectivity index (χ1n) is 9.53. The Balaban J connectivity index is 1.72. The highest BCUT2D eigenvalue weighted by Crippen LogP contribution is 2.28. The molecule has 0 saturated carbocycles. The predicted molar refractivity (Wildman–Crippen MR) is 115 cm³/mol. The van der Waals surface area contributed by atoms with Gasteiger partial charge in [0.1, 0.15) is 17.1 Å². The number of anilines is 2. The molecule has 0 unspecified atom stereocenters. The molecular formula is C19H19ClFN5O3S. The third-order valence-electron chi connectivity index (χ3n) is 4.95. The second-order valence-corrected chi connectivity index (χ2v) is 8.32. The van der Waals surface area contributed by atoms with Crippen molar-refractivity contribution in [2.24, 2.45) is 0 Å². The van der Waals surface area contributed by atoms with Crippen molar-refractivity contribution in [3.05, 3.63) is 49.9 Å². The zero-order valence-electron chi connectivity index (χ0n) is 16.2. The van der Waals surface area contributed by atoms with Crippen molar-refractivity contribution in [1.29, 1.82) is 0 Å². The van der Waals surface area contributed by atoms with Gasteiger partial charge in [-0.05, 0) is 38.0 Å². The van der Waals surface area contributed by atoms with E-state index in [0.29, 0.717) is 15.5 Å². The van der Waals surface area contributed by atoms with Gasteiger partial charge in [0.25, 0.3) is 5.56 Å². The number of nitrogens with zero attached hydrogens (tertiary/aromatic N) is 4. The van der Waals surface area contributed by atoms with Gasteiger partial charge < -0.3 is 10.2 Å². The smallest absolute Gasteiger partial charge is 0.333 e. The number of benzene rings is 1. The van der Waals surface area contributed by atoms with Crippen molar-refractivity contribution in [3.63, 3.8) is 0 Å². The number of carbonyl (C=O) groups excluding carboxylic acids is 1. The summed E-state index contributed by atoms with van der Waals surface area (Å²) in [5, 5.41) is 3.14. The van der Waals surface area contributed by atoms with Gasteiger partial charge in [0, 0.05) is 25.3 Å². The van der Waals surface area contributed by atoms with Gasteiger partial charge in [-0.2, -0.15) is 0 Å². The SMILES string of the molecule is CCn1c(=O)c2sc(N3CCCC3)nc2n(CC(=O)Nc2ccc(F)c(Cl)c2)c1=O. The van der Waals surface area contributed by atoms with E-state index >= 15 is 0 Å². The van der Waals surface area contributed by atoms with Gasteiger partial charge in [-0.3, -0.25) is 18.7 Å². The second-order valence-electron chi connectivity index (χ2n) is 6.94. The van der Waals surface area contributed by atoms with E-state index in [0.717, 1.165) is 36.6 Å². The molecule has 4 rings (SSSR count). The molecule has 1 saturated heterocycles. The molecule has 0 atom stereocenters. The van der Waals surface area contributed by atoms with Crippen LogP contribution in [0.2, 0.25) is 5.02 Å². The van der Waals surface area contributed by atoms with E-state index in [-0.39, 0.29) is 23.8 Å². The summed E-state index contributed by atoms with van der Waals surface area (Å²) in [5.41, 5.74) is -0.493. The monoisotopic (exact) mass is 451 g/mol. The molecule has 0 spiro atoms. The first kappa shape index (κ1) is 20.5. The summed E-state index contributed by atoms with van der Waals surface area (Å²) in [7, 11) is 0. The van der Waals surface area contributed by atoms with Gasteiger partial charge in [-0.15, -0.1) is 0 Å². The second kappa shape index (κ2) is 8.19. The van der Waals surface area contributed by atoms with E-state index in [2.05, 4.69) is 15.2 Å². The lowest BCUT2D eigenvalue weighted by molar-refractivity contribution is -0.116. The van der Waals surface area contributed by atoms with Gasteiger partial charge in [0.05, 0.1) is 5.02 Å². The van der Waals surface area contributed by atoms with Crippen LogP contribution < -0.4 is 21.5 Å². The number of halogens is 2. The molecule has 1 aliphatic heterocycles. The highest BCUT2D eigenvalue weighted by Gasteiger charge is 2.22. The molecule has 3 heterocycles. The number of amides is 1. The van der Waals surface area contributed by atoms with Gasteiger partial charge >= 0.3 is 5.69 Å². The Bertz CT molecular complexity index is 1250. The Kier molecular flexibility index (Phi) is 5.61. The quantitative estimate of drug-likeness (QED) is 0.644. The topological polar surface area (TPSA) is 89.2 Å². The van der Waals surface area contributed by atoms with E-state index in [1.54, 1.807) is 6.92 Å².